The zero-order valence-electron chi connectivity index (χ0n) is 13.4. The Morgan fingerprint density at radius 3 is 2.24 bits per heavy atom. The maximum Gasteiger partial charge on any atom is 0.241 e. The van der Waals surface area contributed by atoms with E-state index in [1.54, 1.807) is 6.92 Å². The second kappa shape index (κ2) is 5.97. The van der Waals surface area contributed by atoms with Gasteiger partial charge in [-0.25, -0.2) is 13.1 Å². The molecule has 118 valence electrons. The molecule has 0 amide bonds. The molecule has 2 rings (SSSR count). The minimum absolute atomic E-state index is 0.0486. The van der Waals surface area contributed by atoms with Crippen molar-refractivity contribution in [1.82, 2.24) is 4.72 Å². The normalized spacial score (nSPS) is 23.2. The summed E-state index contributed by atoms with van der Waals surface area (Å²) in [5, 5.41) is 0. The first-order valence-electron chi connectivity index (χ1n) is 7.61. The van der Waals surface area contributed by atoms with Crippen LogP contribution in [-0.2, 0) is 10.0 Å². The van der Waals surface area contributed by atoms with Crippen molar-refractivity contribution in [2.24, 2.45) is 5.92 Å². The molecule has 0 radical (unpaired) electrons. The Morgan fingerprint density at radius 2 is 1.67 bits per heavy atom. The highest BCUT2D eigenvalue weighted by molar-refractivity contribution is 7.89. The topological polar surface area (TPSA) is 72.2 Å². The molecule has 1 aromatic rings. The van der Waals surface area contributed by atoms with Crippen LogP contribution < -0.4 is 10.5 Å². The molecule has 3 N–H and O–H groups in total. The third-order valence-corrected chi connectivity index (χ3v) is 6.38. The zero-order chi connectivity index (χ0) is 15.8. The molecule has 0 saturated heterocycles. The fraction of sp³-hybridized carbons (Fsp3) is 0.625. The minimum atomic E-state index is -3.51. The van der Waals surface area contributed by atoms with Crippen molar-refractivity contribution in [1.29, 1.82) is 0 Å². The largest absolute Gasteiger partial charge is 0.398 e. The third-order valence-electron chi connectivity index (χ3n) is 4.57. The highest BCUT2D eigenvalue weighted by Crippen LogP contribution is 2.30. The Morgan fingerprint density at radius 1 is 1.10 bits per heavy atom. The second-order valence-electron chi connectivity index (χ2n) is 6.46. The van der Waals surface area contributed by atoms with E-state index in [1.807, 2.05) is 19.9 Å². The predicted octanol–water partition coefficient (Wildman–Crippen LogP) is 3.05. The van der Waals surface area contributed by atoms with Crippen LogP contribution in [0.2, 0.25) is 0 Å². The van der Waals surface area contributed by atoms with Gasteiger partial charge in [0.25, 0.3) is 0 Å². The standard InChI is InChI=1S/C16H26N2O2S/c1-10-5-7-14(8-6-10)18-21(19,20)16-12(3)9-11(2)15(17)13(16)4/h9-10,14,18H,5-8,17H2,1-4H3. The van der Waals surface area contributed by atoms with Gasteiger partial charge in [-0.2, -0.15) is 0 Å². The monoisotopic (exact) mass is 310 g/mol. The van der Waals surface area contributed by atoms with Gasteiger partial charge in [0.05, 0.1) is 4.90 Å². The number of sulfonamides is 1. The fourth-order valence-electron chi connectivity index (χ4n) is 3.25. The van der Waals surface area contributed by atoms with Gasteiger partial charge in [-0.15, -0.1) is 0 Å². The van der Waals surface area contributed by atoms with E-state index >= 15 is 0 Å². The summed E-state index contributed by atoms with van der Waals surface area (Å²) in [6.07, 6.45) is 4.00. The fourth-order valence-corrected chi connectivity index (χ4v) is 5.04. The summed E-state index contributed by atoms with van der Waals surface area (Å²) in [5.74, 6) is 0.698. The van der Waals surface area contributed by atoms with E-state index in [1.165, 1.54) is 0 Å². The Labute approximate surface area is 128 Å². The number of rotatable bonds is 3. The van der Waals surface area contributed by atoms with Crippen molar-refractivity contribution in [2.75, 3.05) is 5.73 Å². The van der Waals surface area contributed by atoms with Gasteiger partial charge in [-0.3, -0.25) is 0 Å². The number of anilines is 1. The molecular formula is C16H26N2O2S. The summed E-state index contributed by atoms with van der Waals surface area (Å²) < 4.78 is 28.3. The Hall–Kier alpha value is -1.07. The summed E-state index contributed by atoms with van der Waals surface area (Å²) in [6, 6.07) is 1.90. The van der Waals surface area contributed by atoms with Crippen LogP contribution in [-0.4, -0.2) is 14.5 Å². The first-order valence-corrected chi connectivity index (χ1v) is 9.09. The van der Waals surface area contributed by atoms with Crippen LogP contribution in [0.3, 0.4) is 0 Å². The van der Waals surface area contributed by atoms with Crippen LogP contribution >= 0.6 is 0 Å². The van der Waals surface area contributed by atoms with Gasteiger partial charge in [-0.1, -0.05) is 13.0 Å². The molecule has 1 saturated carbocycles. The molecule has 1 fully saturated rings. The molecule has 4 nitrogen and oxygen atoms in total. The summed E-state index contributed by atoms with van der Waals surface area (Å²) in [4.78, 5) is 0.351. The number of nitrogens with two attached hydrogens (primary N) is 1. The SMILES string of the molecule is Cc1cc(C)c(S(=O)(=O)NC2CCC(C)CC2)c(C)c1N. The molecule has 21 heavy (non-hydrogen) atoms. The number of nitrogen functional groups attached to an aromatic ring is 1. The molecule has 0 aliphatic heterocycles. The van der Waals surface area contributed by atoms with E-state index in [0.717, 1.165) is 36.8 Å². The molecule has 0 heterocycles. The molecule has 0 atom stereocenters. The van der Waals surface area contributed by atoms with E-state index in [2.05, 4.69) is 11.6 Å². The summed E-state index contributed by atoms with van der Waals surface area (Å²) in [6.45, 7) is 7.74. The Balaban J connectivity index is 2.30. The summed E-state index contributed by atoms with van der Waals surface area (Å²) in [5.41, 5.74) is 8.92. The highest BCUT2D eigenvalue weighted by atomic mass is 32.2. The first-order chi connectivity index (χ1) is 9.72. The van der Waals surface area contributed by atoms with E-state index in [4.69, 9.17) is 5.73 Å². The summed E-state index contributed by atoms with van der Waals surface area (Å²) in [7, 11) is -3.51. The molecule has 1 aromatic carbocycles. The highest BCUT2D eigenvalue weighted by Gasteiger charge is 2.27. The maximum absolute atomic E-state index is 12.7. The molecule has 5 heteroatoms. The van der Waals surface area contributed by atoms with Gasteiger partial charge < -0.3 is 5.73 Å². The second-order valence-corrected chi connectivity index (χ2v) is 8.11. The van der Waals surface area contributed by atoms with Gasteiger partial charge in [0.2, 0.25) is 10.0 Å². The van der Waals surface area contributed by atoms with Crippen LogP contribution in [0, 0.1) is 26.7 Å². The molecule has 0 unspecified atom stereocenters. The number of hydrogen-bond acceptors (Lipinski definition) is 3. The van der Waals surface area contributed by atoms with Crippen molar-refractivity contribution >= 4 is 15.7 Å². The third kappa shape index (κ3) is 3.40. The number of hydrogen-bond donors (Lipinski definition) is 2. The number of benzene rings is 1. The van der Waals surface area contributed by atoms with E-state index in [9.17, 15) is 8.42 Å². The van der Waals surface area contributed by atoms with Crippen LogP contribution in [0.15, 0.2) is 11.0 Å². The van der Waals surface area contributed by atoms with Gasteiger partial charge in [0.1, 0.15) is 0 Å². The minimum Gasteiger partial charge on any atom is -0.398 e. The molecular weight excluding hydrogens is 284 g/mol. The number of aryl methyl sites for hydroxylation is 2. The smallest absolute Gasteiger partial charge is 0.241 e. The van der Waals surface area contributed by atoms with Gasteiger partial charge in [0.15, 0.2) is 0 Å². The van der Waals surface area contributed by atoms with Gasteiger partial charge in [0, 0.05) is 11.7 Å². The number of nitrogens with one attached hydrogen (secondary N) is 1. The van der Waals surface area contributed by atoms with Gasteiger partial charge >= 0.3 is 0 Å². The molecule has 1 aliphatic carbocycles. The molecule has 0 spiro atoms. The van der Waals surface area contributed by atoms with Crippen molar-refractivity contribution in [3.63, 3.8) is 0 Å². The van der Waals surface area contributed by atoms with Crippen molar-refractivity contribution in [2.45, 2.75) is 64.3 Å². The van der Waals surface area contributed by atoms with E-state index in [-0.39, 0.29) is 6.04 Å². The van der Waals surface area contributed by atoms with Crippen LogP contribution in [0.1, 0.15) is 49.3 Å². The van der Waals surface area contributed by atoms with Crippen molar-refractivity contribution in [3.05, 3.63) is 22.8 Å². The van der Waals surface area contributed by atoms with Crippen LogP contribution in [0.4, 0.5) is 5.69 Å². The molecule has 0 aromatic heterocycles. The quantitative estimate of drug-likeness (QED) is 0.843. The van der Waals surface area contributed by atoms with Crippen molar-refractivity contribution in [3.8, 4) is 0 Å². The van der Waals surface area contributed by atoms with Crippen molar-refractivity contribution < 1.29 is 8.42 Å². The molecule has 1 aliphatic rings. The molecule has 0 bridgehead atoms. The maximum atomic E-state index is 12.7. The van der Waals surface area contributed by atoms with Gasteiger partial charge in [-0.05, 0) is 69.1 Å². The first kappa shape index (κ1) is 16.3. The zero-order valence-corrected chi connectivity index (χ0v) is 14.2. The van der Waals surface area contributed by atoms with Crippen LogP contribution in [0.25, 0.3) is 0 Å². The van der Waals surface area contributed by atoms with E-state index in [0.29, 0.717) is 22.1 Å². The predicted molar refractivity (Wildman–Crippen MR) is 86.8 cm³/mol. The van der Waals surface area contributed by atoms with E-state index < -0.39 is 10.0 Å². The lowest BCUT2D eigenvalue weighted by Gasteiger charge is -2.27. The Bertz CT molecular complexity index is 630. The Kier molecular flexibility index (Phi) is 4.63. The van der Waals surface area contributed by atoms with Crippen LogP contribution in [0.5, 0.6) is 0 Å². The lowest BCUT2D eigenvalue weighted by molar-refractivity contribution is 0.332. The summed E-state index contributed by atoms with van der Waals surface area (Å²) >= 11 is 0. The lowest BCUT2D eigenvalue weighted by Crippen LogP contribution is -2.38. The average Bonchev–Trinajstić information content (AvgIpc) is 2.38. The lowest BCUT2D eigenvalue weighted by atomic mass is 9.88. The average molecular weight is 310 g/mol.